The first-order valence-corrected chi connectivity index (χ1v) is 10.9. The number of alkyl carbamates (subject to hydrolysis) is 1. The molecule has 1 aromatic carbocycles. The molecule has 0 fully saturated rings. The highest BCUT2D eigenvalue weighted by molar-refractivity contribution is 5.67. The van der Waals surface area contributed by atoms with Gasteiger partial charge in [0.15, 0.2) is 28.9 Å². The first-order chi connectivity index (χ1) is 17.1. The Hall–Kier alpha value is -4.16. The van der Waals surface area contributed by atoms with Gasteiger partial charge in [-0.05, 0) is 20.8 Å². The zero-order valence-corrected chi connectivity index (χ0v) is 20.6. The maximum absolute atomic E-state index is 14.5. The Labute approximate surface area is 206 Å². The molecule has 0 spiro atoms. The highest BCUT2D eigenvalue weighted by atomic mass is 19.1. The first kappa shape index (κ1) is 26.4. The second kappa shape index (κ2) is 11.5. The quantitative estimate of drug-likeness (QED) is 0.423. The van der Waals surface area contributed by atoms with E-state index in [1.807, 2.05) is 0 Å². The average molecular weight is 507 g/mol. The van der Waals surface area contributed by atoms with Gasteiger partial charge in [-0.25, -0.2) is 23.5 Å². The second-order valence-electron chi connectivity index (χ2n) is 8.46. The third-order valence-corrected chi connectivity index (χ3v) is 4.57. The zero-order valence-electron chi connectivity index (χ0n) is 20.6. The number of amides is 1. The molecule has 2 aromatic heterocycles. The molecule has 194 valence electrons. The van der Waals surface area contributed by atoms with Crippen molar-refractivity contribution in [3.8, 4) is 17.2 Å². The Bertz CT molecular complexity index is 1150. The monoisotopic (exact) mass is 506 g/mol. The number of ether oxygens (including phenoxy) is 4. The van der Waals surface area contributed by atoms with E-state index in [1.165, 1.54) is 26.6 Å². The van der Waals surface area contributed by atoms with Gasteiger partial charge < -0.3 is 29.6 Å². The standard InChI is InChI=1S/C23H28F2N6O5/c1-23(2,3)36-22(32)26-6-7-31-12-14(9-29-31)30-21-27-10-15(11-28-21)35-13-16-19(24)17(33-4)8-18(34-5)20(16)25/h8-12H,6-7,13H2,1-5H3,(H,26,32)(H,27,28,30). The van der Waals surface area contributed by atoms with Crippen molar-refractivity contribution in [1.29, 1.82) is 0 Å². The summed E-state index contributed by atoms with van der Waals surface area (Å²) in [5.41, 5.74) is -0.293. The number of benzene rings is 1. The lowest BCUT2D eigenvalue weighted by atomic mass is 10.1. The number of hydrogen-bond acceptors (Lipinski definition) is 9. The van der Waals surface area contributed by atoms with Crippen LogP contribution < -0.4 is 24.8 Å². The topological polar surface area (TPSA) is 122 Å². The van der Waals surface area contributed by atoms with Gasteiger partial charge in [0.2, 0.25) is 5.95 Å². The van der Waals surface area contributed by atoms with Crippen molar-refractivity contribution >= 4 is 17.7 Å². The molecule has 11 nitrogen and oxygen atoms in total. The molecule has 0 aliphatic rings. The summed E-state index contributed by atoms with van der Waals surface area (Å²) in [5.74, 6) is -1.63. The number of nitrogens with one attached hydrogen (secondary N) is 2. The Morgan fingerprint density at radius 1 is 1.06 bits per heavy atom. The Morgan fingerprint density at radius 3 is 2.28 bits per heavy atom. The molecular weight excluding hydrogens is 478 g/mol. The molecule has 0 aliphatic heterocycles. The van der Waals surface area contributed by atoms with E-state index < -0.39 is 29.9 Å². The van der Waals surface area contributed by atoms with Crippen LogP contribution in [0.3, 0.4) is 0 Å². The molecule has 3 rings (SSSR count). The summed E-state index contributed by atoms with van der Waals surface area (Å²) in [6.07, 6.45) is 5.50. The highest BCUT2D eigenvalue weighted by Gasteiger charge is 2.20. The van der Waals surface area contributed by atoms with Crippen molar-refractivity contribution in [3.05, 3.63) is 48.1 Å². The second-order valence-corrected chi connectivity index (χ2v) is 8.46. The predicted octanol–water partition coefficient (Wildman–Crippen LogP) is 3.82. The van der Waals surface area contributed by atoms with Crippen molar-refractivity contribution in [2.24, 2.45) is 0 Å². The van der Waals surface area contributed by atoms with Gasteiger partial charge in [-0.1, -0.05) is 0 Å². The van der Waals surface area contributed by atoms with Crippen LogP contribution in [0.2, 0.25) is 0 Å². The van der Waals surface area contributed by atoms with Crippen LogP contribution in [0.4, 0.5) is 25.2 Å². The number of aromatic nitrogens is 4. The number of halogens is 2. The number of rotatable bonds is 10. The average Bonchev–Trinajstić information content (AvgIpc) is 3.26. The first-order valence-electron chi connectivity index (χ1n) is 10.9. The van der Waals surface area contributed by atoms with Gasteiger partial charge in [-0.3, -0.25) is 4.68 Å². The highest BCUT2D eigenvalue weighted by Crippen LogP contribution is 2.32. The lowest BCUT2D eigenvalue weighted by Crippen LogP contribution is -2.34. The number of carbonyl (C=O) groups is 1. The van der Waals surface area contributed by atoms with Crippen LogP contribution >= 0.6 is 0 Å². The van der Waals surface area contributed by atoms with Crippen LogP contribution in [0.25, 0.3) is 0 Å². The van der Waals surface area contributed by atoms with Gasteiger partial charge in [-0.2, -0.15) is 5.10 Å². The molecule has 2 heterocycles. The van der Waals surface area contributed by atoms with E-state index in [9.17, 15) is 13.6 Å². The Morgan fingerprint density at radius 2 is 1.69 bits per heavy atom. The van der Waals surface area contributed by atoms with Gasteiger partial charge in [0.25, 0.3) is 0 Å². The summed E-state index contributed by atoms with van der Waals surface area (Å²) in [7, 11) is 2.54. The van der Waals surface area contributed by atoms with Crippen LogP contribution in [-0.2, 0) is 17.9 Å². The minimum Gasteiger partial charge on any atom is -0.494 e. The van der Waals surface area contributed by atoms with E-state index in [1.54, 1.807) is 37.8 Å². The van der Waals surface area contributed by atoms with E-state index in [2.05, 4.69) is 25.7 Å². The van der Waals surface area contributed by atoms with Crippen molar-refractivity contribution < 1.29 is 32.5 Å². The molecule has 3 aromatic rings. The molecule has 0 saturated carbocycles. The van der Waals surface area contributed by atoms with Gasteiger partial charge in [0.1, 0.15) is 12.2 Å². The molecular formula is C23H28F2N6O5. The number of hydrogen-bond donors (Lipinski definition) is 2. The minimum absolute atomic E-state index is 0.163. The number of methoxy groups -OCH3 is 2. The van der Waals surface area contributed by atoms with Crippen molar-refractivity contribution in [3.63, 3.8) is 0 Å². The van der Waals surface area contributed by atoms with E-state index in [0.717, 1.165) is 6.07 Å². The van der Waals surface area contributed by atoms with E-state index in [0.29, 0.717) is 18.8 Å². The van der Waals surface area contributed by atoms with Crippen molar-refractivity contribution in [1.82, 2.24) is 25.1 Å². The molecule has 0 atom stereocenters. The third-order valence-electron chi connectivity index (χ3n) is 4.57. The molecule has 0 unspecified atom stereocenters. The van der Waals surface area contributed by atoms with Crippen LogP contribution in [0.15, 0.2) is 30.9 Å². The maximum Gasteiger partial charge on any atom is 0.407 e. The van der Waals surface area contributed by atoms with Gasteiger partial charge in [0, 0.05) is 18.8 Å². The van der Waals surface area contributed by atoms with Gasteiger partial charge in [0.05, 0.1) is 50.6 Å². The summed E-state index contributed by atoms with van der Waals surface area (Å²) < 4.78 is 51.0. The number of anilines is 2. The molecule has 0 radical (unpaired) electrons. The van der Waals surface area contributed by atoms with Gasteiger partial charge >= 0.3 is 6.09 Å². The summed E-state index contributed by atoms with van der Waals surface area (Å²) in [6.45, 7) is 5.70. The van der Waals surface area contributed by atoms with Gasteiger partial charge in [-0.15, -0.1) is 0 Å². The normalized spacial score (nSPS) is 11.1. The van der Waals surface area contributed by atoms with E-state index in [-0.39, 0.29) is 28.8 Å². The largest absolute Gasteiger partial charge is 0.494 e. The molecule has 13 heteroatoms. The number of carbonyl (C=O) groups excluding carboxylic acids is 1. The molecule has 0 aliphatic carbocycles. The van der Waals surface area contributed by atoms with Crippen LogP contribution in [-0.4, -0.2) is 52.2 Å². The molecule has 36 heavy (non-hydrogen) atoms. The van der Waals surface area contributed by atoms with Crippen molar-refractivity contribution in [2.75, 3.05) is 26.1 Å². The fourth-order valence-corrected chi connectivity index (χ4v) is 2.94. The molecule has 1 amide bonds. The third kappa shape index (κ3) is 7.17. The zero-order chi connectivity index (χ0) is 26.3. The number of nitrogens with zero attached hydrogens (tertiary/aromatic N) is 4. The van der Waals surface area contributed by atoms with E-state index >= 15 is 0 Å². The maximum atomic E-state index is 14.5. The van der Waals surface area contributed by atoms with Crippen LogP contribution in [0, 0.1) is 11.6 Å². The molecule has 0 saturated heterocycles. The Kier molecular flexibility index (Phi) is 8.46. The predicted molar refractivity (Wildman–Crippen MR) is 126 cm³/mol. The summed E-state index contributed by atoms with van der Waals surface area (Å²) in [5, 5.41) is 9.83. The molecule has 2 N–H and O–H groups in total. The minimum atomic E-state index is -0.881. The summed E-state index contributed by atoms with van der Waals surface area (Å²) in [4.78, 5) is 20.0. The fraction of sp³-hybridized carbons (Fsp3) is 0.391. The lowest BCUT2D eigenvalue weighted by Gasteiger charge is -2.19. The van der Waals surface area contributed by atoms with Crippen LogP contribution in [0.5, 0.6) is 17.2 Å². The summed E-state index contributed by atoms with van der Waals surface area (Å²) >= 11 is 0. The SMILES string of the molecule is COc1cc(OC)c(F)c(COc2cnc(Nc3cnn(CCNC(=O)OC(C)(C)C)c3)nc2)c1F. The van der Waals surface area contributed by atoms with Crippen LogP contribution in [0.1, 0.15) is 26.3 Å². The molecule has 0 bridgehead atoms. The van der Waals surface area contributed by atoms with Crippen molar-refractivity contribution in [2.45, 2.75) is 39.5 Å². The van der Waals surface area contributed by atoms with E-state index in [4.69, 9.17) is 18.9 Å². The fourth-order valence-electron chi connectivity index (χ4n) is 2.94. The Balaban J connectivity index is 1.53. The lowest BCUT2D eigenvalue weighted by molar-refractivity contribution is 0.0525. The summed E-state index contributed by atoms with van der Waals surface area (Å²) in [6, 6.07) is 1.12. The smallest absolute Gasteiger partial charge is 0.407 e.